The van der Waals surface area contributed by atoms with Gasteiger partial charge in [-0.2, -0.15) is 5.26 Å². The molecule has 3 aliphatic rings. The second-order valence-electron chi connectivity index (χ2n) is 11.3. The van der Waals surface area contributed by atoms with Gasteiger partial charge in [0.25, 0.3) is 0 Å². The van der Waals surface area contributed by atoms with Crippen molar-refractivity contribution in [2.45, 2.75) is 37.9 Å². The SMILES string of the molecule is CC(C)(C)OC(=O)N1C[C@@H]2[C@H](C1)C2(C#N)c1ccc(-c2ccc(N3C[C@H](COC(N)=CC=O)OC3=O)cc2F)cn1. The first-order valence-corrected chi connectivity index (χ1v) is 13.1. The van der Waals surface area contributed by atoms with E-state index in [1.54, 1.807) is 29.2 Å². The zero-order valence-electron chi connectivity index (χ0n) is 22.9. The molecule has 12 heteroatoms. The lowest BCUT2D eigenvalue weighted by molar-refractivity contribution is -0.104. The second-order valence-corrected chi connectivity index (χ2v) is 11.3. The summed E-state index contributed by atoms with van der Waals surface area (Å²) in [7, 11) is 0. The first kappa shape index (κ1) is 27.9. The molecule has 2 saturated heterocycles. The monoisotopic (exact) mass is 563 g/mol. The molecular weight excluding hydrogens is 533 g/mol. The number of benzene rings is 1. The first-order valence-electron chi connectivity index (χ1n) is 13.1. The number of halogens is 1. The fourth-order valence-electron chi connectivity index (χ4n) is 5.54. The molecule has 0 bridgehead atoms. The standard InChI is InChI=1S/C29H30FN5O6/c1-28(2,3)41-26(37)34-13-21-22(14-34)29(21,16-31)24-7-4-17(11-33-24)20-6-5-18(10-23(20)30)35-12-19(40-27(35)38)15-39-25(32)8-9-36/h4-11,19,21-22H,12-15,32H2,1-3H3/t19-,21-,22+,29?/m1/s1. The topological polar surface area (TPSA) is 148 Å². The number of nitrogens with two attached hydrogens (primary N) is 1. The highest BCUT2D eigenvalue weighted by atomic mass is 19.1. The molecule has 2 aliphatic heterocycles. The molecule has 41 heavy (non-hydrogen) atoms. The van der Waals surface area contributed by atoms with Crippen molar-refractivity contribution in [3.63, 3.8) is 0 Å². The van der Waals surface area contributed by atoms with Crippen LogP contribution in [0.4, 0.5) is 19.7 Å². The van der Waals surface area contributed by atoms with Crippen LogP contribution in [0.1, 0.15) is 26.5 Å². The normalized spacial score (nSPS) is 25.3. The number of piperidine rings is 1. The number of nitriles is 1. The summed E-state index contributed by atoms with van der Waals surface area (Å²) in [6.07, 6.45) is 1.36. The number of hydrogen-bond acceptors (Lipinski definition) is 9. The molecule has 1 aliphatic carbocycles. The van der Waals surface area contributed by atoms with Gasteiger partial charge in [-0.05, 0) is 45.0 Å². The van der Waals surface area contributed by atoms with E-state index in [1.165, 1.54) is 17.2 Å². The summed E-state index contributed by atoms with van der Waals surface area (Å²) >= 11 is 0. The minimum atomic E-state index is -0.788. The summed E-state index contributed by atoms with van der Waals surface area (Å²) in [6.45, 7) is 6.33. The summed E-state index contributed by atoms with van der Waals surface area (Å²) in [5.41, 5.74) is 5.82. The number of anilines is 1. The van der Waals surface area contributed by atoms with E-state index in [1.807, 2.05) is 20.8 Å². The maximum absolute atomic E-state index is 15.2. The van der Waals surface area contributed by atoms with Gasteiger partial charge in [-0.15, -0.1) is 0 Å². The van der Waals surface area contributed by atoms with Crippen molar-refractivity contribution in [1.82, 2.24) is 9.88 Å². The number of likely N-dealkylation sites (tertiary alicyclic amines) is 1. The van der Waals surface area contributed by atoms with Gasteiger partial charge in [-0.1, -0.05) is 6.07 Å². The molecule has 11 nitrogen and oxygen atoms in total. The lowest BCUT2D eigenvalue weighted by Gasteiger charge is -2.27. The Balaban J connectivity index is 1.24. The minimum absolute atomic E-state index is 0.0405. The zero-order valence-corrected chi connectivity index (χ0v) is 22.9. The van der Waals surface area contributed by atoms with Crippen molar-refractivity contribution >= 4 is 24.2 Å². The number of hydrogen-bond donors (Lipinski definition) is 1. The molecule has 3 fully saturated rings. The van der Waals surface area contributed by atoms with Crippen LogP contribution < -0.4 is 10.6 Å². The van der Waals surface area contributed by atoms with Gasteiger partial charge < -0.3 is 24.8 Å². The number of rotatable bonds is 7. The highest BCUT2D eigenvalue weighted by Crippen LogP contribution is 2.62. The van der Waals surface area contributed by atoms with Gasteiger partial charge in [-0.3, -0.25) is 14.7 Å². The number of nitrogens with zero attached hydrogens (tertiary/aromatic N) is 4. The number of allylic oxidation sites excluding steroid dienone is 1. The van der Waals surface area contributed by atoms with Gasteiger partial charge in [0, 0.05) is 48.3 Å². The molecule has 3 heterocycles. The number of aromatic nitrogens is 1. The summed E-state index contributed by atoms with van der Waals surface area (Å²) in [4.78, 5) is 42.7. The Kier molecular flexibility index (Phi) is 7.07. The maximum atomic E-state index is 15.2. The quantitative estimate of drug-likeness (QED) is 0.304. The molecule has 2 N–H and O–H groups in total. The average molecular weight is 564 g/mol. The fourth-order valence-corrected chi connectivity index (χ4v) is 5.54. The van der Waals surface area contributed by atoms with Crippen LogP contribution >= 0.6 is 0 Å². The molecule has 1 aromatic heterocycles. The third-order valence-electron chi connectivity index (χ3n) is 7.52. The number of aldehydes is 1. The molecule has 214 valence electrons. The predicted molar refractivity (Wildman–Crippen MR) is 144 cm³/mol. The van der Waals surface area contributed by atoms with Crippen LogP contribution in [-0.2, 0) is 24.4 Å². The van der Waals surface area contributed by atoms with E-state index < -0.39 is 29.0 Å². The van der Waals surface area contributed by atoms with Crippen molar-refractivity contribution in [3.05, 3.63) is 60.0 Å². The molecule has 1 saturated carbocycles. The fraction of sp³-hybridized carbons (Fsp3) is 0.414. The minimum Gasteiger partial charge on any atom is -0.475 e. The Morgan fingerprint density at radius 1 is 1.27 bits per heavy atom. The van der Waals surface area contributed by atoms with Gasteiger partial charge in [0.1, 0.15) is 29.7 Å². The Bertz CT molecular complexity index is 1440. The molecular formula is C29H30FN5O6. The maximum Gasteiger partial charge on any atom is 0.414 e. The largest absolute Gasteiger partial charge is 0.475 e. The number of pyridine rings is 1. The summed E-state index contributed by atoms with van der Waals surface area (Å²) in [6, 6.07) is 10.3. The van der Waals surface area contributed by atoms with E-state index in [0.29, 0.717) is 36.3 Å². The first-order chi connectivity index (χ1) is 19.5. The van der Waals surface area contributed by atoms with Crippen LogP contribution in [0, 0.1) is 29.0 Å². The third-order valence-corrected chi connectivity index (χ3v) is 7.52. The molecule has 1 unspecified atom stereocenters. The van der Waals surface area contributed by atoms with E-state index in [-0.39, 0.29) is 42.5 Å². The van der Waals surface area contributed by atoms with Crippen molar-refractivity contribution < 1.29 is 33.0 Å². The number of ether oxygens (including phenoxy) is 3. The van der Waals surface area contributed by atoms with E-state index in [9.17, 15) is 19.6 Å². The van der Waals surface area contributed by atoms with E-state index in [0.717, 1.165) is 6.08 Å². The highest BCUT2D eigenvalue weighted by Gasteiger charge is 2.71. The number of fused-ring (bicyclic) bond motifs is 1. The number of carbonyl (C=O) groups is 3. The van der Waals surface area contributed by atoms with Gasteiger partial charge in [0.15, 0.2) is 12.0 Å². The molecule has 0 spiro atoms. The van der Waals surface area contributed by atoms with Crippen molar-refractivity contribution in [2.75, 3.05) is 31.1 Å². The average Bonchev–Trinajstić information content (AvgIpc) is 3.19. The highest BCUT2D eigenvalue weighted by molar-refractivity contribution is 5.90. The molecule has 2 aromatic rings. The van der Waals surface area contributed by atoms with Gasteiger partial charge >= 0.3 is 12.2 Å². The number of amides is 2. The van der Waals surface area contributed by atoms with E-state index in [4.69, 9.17) is 19.9 Å². The molecule has 4 atom stereocenters. The van der Waals surface area contributed by atoms with Crippen LogP contribution in [-0.4, -0.2) is 66.3 Å². The third kappa shape index (κ3) is 5.27. The van der Waals surface area contributed by atoms with E-state index >= 15 is 4.39 Å². The summed E-state index contributed by atoms with van der Waals surface area (Å²) in [5.74, 6) is -0.741. The van der Waals surface area contributed by atoms with Crippen LogP contribution in [0.2, 0.25) is 0 Å². The lowest BCUT2D eigenvalue weighted by Crippen LogP contribution is -2.39. The molecule has 5 rings (SSSR count). The van der Waals surface area contributed by atoms with Crippen molar-refractivity contribution in [2.24, 2.45) is 17.6 Å². The Labute approximate surface area is 236 Å². The lowest BCUT2D eigenvalue weighted by atomic mass is 9.95. The smallest absolute Gasteiger partial charge is 0.414 e. The van der Waals surface area contributed by atoms with Gasteiger partial charge in [0.2, 0.25) is 0 Å². The van der Waals surface area contributed by atoms with Crippen LogP contribution in [0.25, 0.3) is 11.1 Å². The number of carbonyl (C=O) groups excluding carboxylic acids is 3. The molecule has 2 amide bonds. The van der Waals surface area contributed by atoms with Crippen molar-refractivity contribution in [1.29, 1.82) is 5.26 Å². The van der Waals surface area contributed by atoms with Gasteiger partial charge in [-0.25, -0.2) is 14.0 Å². The summed E-state index contributed by atoms with van der Waals surface area (Å²) < 4.78 is 31.1. The van der Waals surface area contributed by atoms with Gasteiger partial charge in [0.05, 0.1) is 24.0 Å². The van der Waals surface area contributed by atoms with E-state index in [2.05, 4.69) is 11.1 Å². The van der Waals surface area contributed by atoms with Crippen LogP contribution in [0.5, 0.6) is 0 Å². The van der Waals surface area contributed by atoms with Crippen LogP contribution in [0.15, 0.2) is 48.5 Å². The molecule has 0 radical (unpaired) electrons. The summed E-state index contributed by atoms with van der Waals surface area (Å²) in [5, 5.41) is 10.1. The van der Waals surface area contributed by atoms with Crippen molar-refractivity contribution in [3.8, 4) is 17.2 Å². The zero-order chi connectivity index (χ0) is 29.5. The molecule has 1 aromatic carbocycles. The Morgan fingerprint density at radius 2 is 2.00 bits per heavy atom. The predicted octanol–water partition coefficient (Wildman–Crippen LogP) is 3.49. The second kappa shape index (κ2) is 10.4. The van der Waals surface area contributed by atoms with Crippen LogP contribution in [0.3, 0.4) is 0 Å². The number of cyclic esters (lactones) is 1. The Morgan fingerprint density at radius 3 is 2.59 bits per heavy atom. The Hall–Kier alpha value is -4.66.